The Morgan fingerprint density at radius 1 is 1.22 bits per heavy atom. The molecule has 1 aromatic heterocycles. The Kier molecular flexibility index (Phi) is 6.43. The first-order valence-corrected chi connectivity index (χ1v) is 11.1. The van der Waals surface area contributed by atoms with Crippen molar-refractivity contribution in [1.29, 1.82) is 0 Å². The van der Waals surface area contributed by atoms with Gasteiger partial charge in [0.1, 0.15) is 0 Å². The number of amides is 3. The number of hydrogen-bond acceptors (Lipinski definition) is 5. The summed E-state index contributed by atoms with van der Waals surface area (Å²) in [5, 5.41) is 10.1. The summed E-state index contributed by atoms with van der Waals surface area (Å²) in [5.74, 6) is -0.234. The van der Waals surface area contributed by atoms with Gasteiger partial charge in [-0.15, -0.1) is 0 Å². The molecular formula is C23H20ClN5O2S. The van der Waals surface area contributed by atoms with Gasteiger partial charge < -0.3 is 16.0 Å². The molecule has 0 aliphatic carbocycles. The molecule has 0 radical (unpaired) electrons. The summed E-state index contributed by atoms with van der Waals surface area (Å²) in [6.45, 7) is 3.75. The van der Waals surface area contributed by atoms with Gasteiger partial charge in [-0.25, -0.2) is 9.79 Å². The summed E-state index contributed by atoms with van der Waals surface area (Å²) in [4.78, 5) is 33.7. The van der Waals surface area contributed by atoms with Gasteiger partial charge in [0, 0.05) is 23.3 Å². The molecule has 3 N–H and O–H groups in total. The van der Waals surface area contributed by atoms with Crippen LogP contribution in [0.15, 0.2) is 64.6 Å². The summed E-state index contributed by atoms with van der Waals surface area (Å²) in [7, 11) is 0. The second-order valence-corrected chi connectivity index (χ2v) is 8.79. The molecule has 0 atom stereocenters. The Hall–Kier alpha value is -3.36. The third-order valence-corrected chi connectivity index (χ3v) is 5.65. The van der Waals surface area contributed by atoms with Crippen molar-refractivity contribution < 1.29 is 9.59 Å². The Morgan fingerprint density at radius 2 is 2.06 bits per heavy atom. The average molecular weight is 466 g/mol. The van der Waals surface area contributed by atoms with Crippen LogP contribution in [0.3, 0.4) is 0 Å². The SMILES string of the molecule is CC(C)NC(=O)Nc1ccc(Cl)c(N=C2NC(=O)C(=Cc3ccc4ncccc4c3)S2)c1. The van der Waals surface area contributed by atoms with Crippen LogP contribution in [-0.2, 0) is 4.79 Å². The summed E-state index contributed by atoms with van der Waals surface area (Å²) in [6.07, 6.45) is 3.56. The number of fused-ring (bicyclic) bond motifs is 1. The minimum Gasteiger partial charge on any atom is -0.336 e. The van der Waals surface area contributed by atoms with E-state index in [0.717, 1.165) is 16.5 Å². The van der Waals surface area contributed by atoms with Gasteiger partial charge in [0.25, 0.3) is 5.91 Å². The Bertz CT molecular complexity index is 1270. The topological polar surface area (TPSA) is 95.5 Å². The van der Waals surface area contributed by atoms with Crippen molar-refractivity contribution in [2.24, 2.45) is 4.99 Å². The highest BCUT2D eigenvalue weighted by molar-refractivity contribution is 8.18. The highest BCUT2D eigenvalue weighted by Crippen LogP contribution is 2.33. The van der Waals surface area contributed by atoms with Crippen molar-refractivity contribution in [2.75, 3.05) is 5.32 Å². The van der Waals surface area contributed by atoms with E-state index in [1.165, 1.54) is 11.8 Å². The fraction of sp³-hybridized carbons (Fsp3) is 0.130. The maximum Gasteiger partial charge on any atom is 0.319 e. The molecule has 2 heterocycles. The van der Waals surface area contributed by atoms with E-state index in [0.29, 0.717) is 26.5 Å². The Balaban J connectivity index is 1.54. The monoisotopic (exact) mass is 465 g/mol. The van der Waals surface area contributed by atoms with Gasteiger partial charge in [0.15, 0.2) is 5.17 Å². The second kappa shape index (κ2) is 9.42. The molecule has 2 aromatic carbocycles. The van der Waals surface area contributed by atoms with Crippen LogP contribution in [0.25, 0.3) is 17.0 Å². The van der Waals surface area contributed by atoms with E-state index in [4.69, 9.17) is 11.6 Å². The number of amidine groups is 1. The number of halogens is 1. The molecule has 1 saturated heterocycles. The van der Waals surface area contributed by atoms with Gasteiger partial charge in [-0.2, -0.15) is 0 Å². The van der Waals surface area contributed by atoms with Crippen LogP contribution in [-0.4, -0.2) is 28.1 Å². The number of nitrogens with zero attached hydrogens (tertiary/aromatic N) is 2. The number of urea groups is 1. The van der Waals surface area contributed by atoms with Crippen LogP contribution in [0.5, 0.6) is 0 Å². The van der Waals surface area contributed by atoms with Crippen molar-refractivity contribution in [1.82, 2.24) is 15.6 Å². The maximum absolute atomic E-state index is 12.5. The molecule has 1 aliphatic rings. The van der Waals surface area contributed by atoms with Crippen molar-refractivity contribution >= 4 is 68.8 Å². The van der Waals surface area contributed by atoms with Crippen molar-refractivity contribution in [3.05, 3.63) is 70.2 Å². The summed E-state index contributed by atoms with van der Waals surface area (Å²) < 4.78 is 0. The van der Waals surface area contributed by atoms with E-state index < -0.39 is 0 Å². The number of aromatic nitrogens is 1. The molecule has 9 heteroatoms. The zero-order chi connectivity index (χ0) is 22.7. The van der Waals surface area contributed by atoms with E-state index in [1.807, 2.05) is 50.3 Å². The number of pyridine rings is 1. The average Bonchev–Trinajstić information content (AvgIpc) is 3.08. The second-order valence-electron chi connectivity index (χ2n) is 7.36. The quantitative estimate of drug-likeness (QED) is 0.455. The van der Waals surface area contributed by atoms with Crippen molar-refractivity contribution in [3.63, 3.8) is 0 Å². The number of carbonyl (C=O) groups is 2. The number of thioether (sulfide) groups is 1. The van der Waals surface area contributed by atoms with E-state index in [1.54, 1.807) is 24.4 Å². The molecule has 3 amide bonds. The zero-order valence-electron chi connectivity index (χ0n) is 17.3. The molecule has 0 unspecified atom stereocenters. The number of anilines is 1. The molecule has 7 nitrogen and oxygen atoms in total. The van der Waals surface area contributed by atoms with Gasteiger partial charge in [-0.05, 0) is 73.6 Å². The fourth-order valence-electron chi connectivity index (χ4n) is 3.03. The van der Waals surface area contributed by atoms with Gasteiger partial charge in [0.05, 0.1) is 21.1 Å². The minimum absolute atomic E-state index is 0.0104. The van der Waals surface area contributed by atoms with Crippen LogP contribution >= 0.6 is 23.4 Å². The molecule has 4 rings (SSSR count). The Morgan fingerprint density at radius 3 is 2.88 bits per heavy atom. The van der Waals surface area contributed by atoms with Gasteiger partial charge in [-0.3, -0.25) is 9.78 Å². The number of benzene rings is 2. The van der Waals surface area contributed by atoms with E-state index in [2.05, 4.69) is 25.9 Å². The van der Waals surface area contributed by atoms with Crippen molar-refractivity contribution in [3.8, 4) is 0 Å². The van der Waals surface area contributed by atoms with Crippen LogP contribution in [0, 0.1) is 0 Å². The minimum atomic E-state index is -0.319. The molecule has 1 fully saturated rings. The molecule has 0 spiro atoms. The normalized spacial score (nSPS) is 16.1. The smallest absolute Gasteiger partial charge is 0.319 e. The zero-order valence-corrected chi connectivity index (χ0v) is 18.9. The first-order chi connectivity index (χ1) is 15.4. The van der Waals surface area contributed by atoms with Gasteiger partial charge in [-0.1, -0.05) is 23.7 Å². The molecule has 32 heavy (non-hydrogen) atoms. The van der Waals surface area contributed by atoms with Crippen molar-refractivity contribution in [2.45, 2.75) is 19.9 Å². The third kappa shape index (κ3) is 5.27. The Labute approximate surface area is 194 Å². The highest BCUT2D eigenvalue weighted by Gasteiger charge is 2.24. The lowest BCUT2D eigenvalue weighted by atomic mass is 10.1. The number of rotatable bonds is 4. The molecule has 1 aliphatic heterocycles. The van der Waals surface area contributed by atoms with E-state index in [-0.39, 0.29) is 18.0 Å². The predicted octanol–water partition coefficient (Wildman–Crippen LogP) is 5.31. The number of hydrogen-bond donors (Lipinski definition) is 3. The lowest BCUT2D eigenvalue weighted by molar-refractivity contribution is -0.115. The summed E-state index contributed by atoms with van der Waals surface area (Å²) in [5.41, 5.74) is 2.77. The third-order valence-electron chi connectivity index (χ3n) is 4.42. The van der Waals surface area contributed by atoms with Gasteiger partial charge >= 0.3 is 6.03 Å². The predicted molar refractivity (Wildman–Crippen MR) is 131 cm³/mol. The molecule has 3 aromatic rings. The standard InChI is InChI=1S/C23H20ClN5O2S/c1-13(2)26-22(31)27-16-6-7-17(24)19(12-16)28-23-29-21(30)20(32-23)11-14-5-8-18-15(10-14)4-3-9-25-18/h3-13H,1-2H3,(H2,26,27,31)(H,28,29,30). The largest absolute Gasteiger partial charge is 0.336 e. The summed E-state index contributed by atoms with van der Waals surface area (Å²) in [6, 6.07) is 14.3. The lowest BCUT2D eigenvalue weighted by Gasteiger charge is -2.11. The first kappa shape index (κ1) is 21.9. The van der Waals surface area contributed by atoms with E-state index in [9.17, 15) is 9.59 Å². The highest BCUT2D eigenvalue weighted by atomic mass is 35.5. The molecule has 0 bridgehead atoms. The molecular weight excluding hydrogens is 446 g/mol. The molecule has 162 valence electrons. The lowest BCUT2D eigenvalue weighted by Crippen LogP contribution is -2.34. The van der Waals surface area contributed by atoms with Crippen LogP contribution in [0.2, 0.25) is 5.02 Å². The van der Waals surface area contributed by atoms with Crippen LogP contribution in [0.4, 0.5) is 16.2 Å². The van der Waals surface area contributed by atoms with E-state index >= 15 is 0 Å². The van der Waals surface area contributed by atoms with Crippen LogP contribution in [0.1, 0.15) is 19.4 Å². The number of aliphatic imine (C=N–C) groups is 1. The maximum atomic E-state index is 12.5. The summed E-state index contributed by atoms with van der Waals surface area (Å²) >= 11 is 7.50. The molecule has 0 saturated carbocycles. The number of carbonyl (C=O) groups excluding carboxylic acids is 2. The fourth-order valence-corrected chi connectivity index (χ4v) is 4.03. The van der Waals surface area contributed by atoms with Crippen LogP contribution < -0.4 is 16.0 Å². The number of nitrogens with one attached hydrogen (secondary N) is 3. The van der Waals surface area contributed by atoms with Gasteiger partial charge in [0.2, 0.25) is 0 Å². The first-order valence-electron chi connectivity index (χ1n) is 9.89.